The summed E-state index contributed by atoms with van der Waals surface area (Å²) in [7, 11) is 1.73. The first-order valence-electron chi connectivity index (χ1n) is 11.9. The fraction of sp³-hybridized carbons (Fsp3) is 0.625. The van der Waals surface area contributed by atoms with Crippen LogP contribution in [0.3, 0.4) is 0 Å². The molecule has 0 aliphatic carbocycles. The second-order valence-corrected chi connectivity index (χ2v) is 11.2. The summed E-state index contributed by atoms with van der Waals surface area (Å²) in [6.45, 7) is 7.21. The molecule has 184 valence electrons. The summed E-state index contributed by atoms with van der Waals surface area (Å²) in [5.41, 5.74) is 0.904. The highest BCUT2D eigenvalue weighted by atomic mass is 35.5. The number of rotatable bonds is 7. The molecule has 2 aromatic rings. The third-order valence-corrected chi connectivity index (χ3v) is 8.63. The van der Waals surface area contributed by atoms with Gasteiger partial charge in [0, 0.05) is 50.3 Å². The first-order chi connectivity index (χ1) is 16.5. The van der Waals surface area contributed by atoms with Crippen molar-refractivity contribution >= 4 is 35.0 Å². The van der Waals surface area contributed by atoms with E-state index in [0.29, 0.717) is 33.2 Å². The Kier molecular flexibility index (Phi) is 7.18. The van der Waals surface area contributed by atoms with Gasteiger partial charge in [0.1, 0.15) is 16.5 Å². The van der Waals surface area contributed by atoms with Gasteiger partial charge in [-0.15, -0.1) is 0 Å². The van der Waals surface area contributed by atoms with Gasteiger partial charge in [0.2, 0.25) is 0 Å². The number of hydrogen-bond acceptors (Lipinski definition) is 9. The fourth-order valence-electron chi connectivity index (χ4n) is 5.32. The Bertz CT molecular complexity index is 1010. The number of nitrogens with zero attached hydrogens (tertiary/aromatic N) is 5. The third-order valence-electron chi connectivity index (χ3n) is 7.18. The predicted octanol–water partition coefficient (Wildman–Crippen LogP) is 3.65. The largest absolute Gasteiger partial charge is 0.390 e. The molecule has 3 fully saturated rings. The first kappa shape index (κ1) is 24.1. The molecule has 0 bridgehead atoms. The summed E-state index contributed by atoms with van der Waals surface area (Å²) in [4.78, 5) is 19.2. The Hall–Kier alpha value is -1.65. The maximum atomic E-state index is 10.0. The van der Waals surface area contributed by atoms with Crippen molar-refractivity contribution in [1.82, 2.24) is 15.0 Å². The van der Waals surface area contributed by atoms with Crippen LogP contribution in [0.1, 0.15) is 31.9 Å². The van der Waals surface area contributed by atoms with Gasteiger partial charge in [-0.1, -0.05) is 23.4 Å². The molecule has 0 saturated carbocycles. The van der Waals surface area contributed by atoms with Gasteiger partial charge in [0.15, 0.2) is 5.82 Å². The van der Waals surface area contributed by atoms with Crippen molar-refractivity contribution in [1.29, 1.82) is 0 Å². The summed E-state index contributed by atoms with van der Waals surface area (Å²) in [6, 6.07) is 1.89. The SMILES string of the molecule is COCC1CN(c2nccc(Sc3cnc(N4CCC5(CC4)CO[C@@H](C)C5)c(CO)n3)c2Cl)C1. The second-order valence-electron chi connectivity index (χ2n) is 9.72. The van der Waals surface area contributed by atoms with Gasteiger partial charge in [-0.05, 0) is 37.7 Å². The Morgan fingerprint density at radius 1 is 1.24 bits per heavy atom. The minimum Gasteiger partial charge on any atom is -0.390 e. The number of piperidine rings is 1. The number of anilines is 2. The zero-order valence-electron chi connectivity index (χ0n) is 19.7. The maximum absolute atomic E-state index is 10.0. The van der Waals surface area contributed by atoms with E-state index in [4.69, 9.17) is 31.0 Å². The number of aliphatic hydroxyl groups excluding tert-OH is 1. The summed E-state index contributed by atoms with van der Waals surface area (Å²) >= 11 is 8.16. The average molecular weight is 506 g/mol. The van der Waals surface area contributed by atoms with Gasteiger partial charge in [0.25, 0.3) is 0 Å². The monoisotopic (exact) mass is 505 g/mol. The second kappa shape index (κ2) is 10.1. The molecular formula is C24H32ClN5O3S. The van der Waals surface area contributed by atoms with Crippen LogP contribution in [0, 0.1) is 11.3 Å². The topological polar surface area (TPSA) is 83.8 Å². The zero-order valence-corrected chi connectivity index (χ0v) is 21.3. The average Bonchev–Trinajstić information content (AvgIpc) is 3.18. The van der Waals surface area contributed by atoms with E-state index in [-0.39, 0.29) is 6.61 Å². The van der Waals surface area contributed by atoms with Crippen LogP contribution in [-0.4, -0.2) is 72.7 Å². The zero-order chi connectivity index (χ0) is 23.7. The van der Waals surface area contributed by atoms with E-state index in [1.54, 1.807) is 19.5 Å². The van der Waals surface area contributed by atoms with Crippen molar-refractivity contribution < 1.29 is 14.6 Å². The van der Waals surface area contributed by atoms with E-state index >= 15 is 0 Å². The maximum Gasteiger partial charge on any atom is 0.152 e. The van der Waals surface area contributed by atoms with Crippen LogP contribution in [0.5, 0.6) is 0 Å². The van der Waals surface area contributed by atoms with Crippen LogP contribution >= 0.6 is 23.4 Å². The van der Waals surface area contributed by atoms with Gasteiger partial charge in [-0.25, -0.2) is 15.0 Å². The summed E-state index contributed by atoms with van der Waals surface area (Å²) in [5, 5.41) is 11.4. The van der Waals surface area contributed by atoms with Crippen LogP contribution in [0.25, 0.3) is 0 Å². The van der Waals surface area contributed by atoms with E-state index in [1.165, 1.54) is 11.8 Å². The van der Waals surface area contributed by atoms with Gasteiger partial charge >= 0.3 is 0 Å². The number of pyridine rings is 1. The van der Waals surface area contributed by atoms with E-state index in [2.05, 4.69) is 21.7 Å². The van der Waals surface area contributed by atoms with Crippen molar-refractivity contribution in [2.24, 2.45) is 11.3 Å². The molecule has 3 saturated heterocycles. The lowest BCUT2D eigenvalue weighted by molar-refractivity contribution is 0.0975. The van der Waals surface area contributed by atoms with E-state index in [1.807, 2.05) is 6.07 Å². The lowest BCUT2D eigenvalue weighted by atomic mass is 9.77. The Balaban J connectivity index is 1.27. The van der Waals surface area contributed by atoms with Gasteiger partial charge in [-0.2, -0.15) is 0 Å². The summed E-state index contributed by atoms with van der Waals surface area (Å²) in [5.74, 6) is 2.08. The van der Waals surface area contributed by atoms with Gasteiger partial charge < -0.3 is 24.4 Å². The van der Waals surface area contributed by atoms with Crippen LogP contribution in [0.4, 0.5) is 11.6 Å². The van der Waals surface area contributed by atoms with Crippen molar-refractivity contribution in [3.05, 3.63) is 29.2 Å². The van der Waals surface area contributed by atoms with Crippen LogP contribution in [0.2, 0.25) is 5.02 Å². The molecule has 5 rings (SSSR count). The number of aromatic nitrogens is 3. The van der Waals surface area contributed by atoms with Crippen molar-refractivity contribution in [2.75, 3.05) is 56.3 Å². The molecule has 5 heterocycles. The molecule has 1 spiro atoms. The molecule has 0 amide bonds. The number of halogens is 1. The number of hydrogen-bond donors (Lipinski definition) is 1. The molecule has 1 N–H and O–H groups in total. The molecule has 0 unspecified atom stereocenters. The van der Waals surface area contributed by atoms with Crippen molar-refractivity contribution in [2.45, 2.75) is 48.8 Å². The predicted molar refractivity (Wildman–Crippen MR) is 133 cm³/mol. The smallest absolute Gasteiger partial charge is 0.152 e. The molecule has 3 aliphatic rings. The van der Waals surface area contributed by atoms with E-state index < -0.39 is 0 Å². The van der Waals surface area contributed by atoms with E-state index in [9.17, 15) is 5.11 Å². The normalized spacial score (nSPS) is 22.4. The van der Waals surface area contributed by atoms with Crippen LogP contribution in [0.15, 0.2) is 28.4 Å². The summed E-state index contributed by atoms with van der Waals surface area (Å²) in [6.07, 6.45) is 7.20. The highest BCUT2D eigenvalue weighted by Gasteiger charge is 2.41. The van der Waals surface area contributed by atoms with Crippen molar-refractivity contribution in [3.8, 4) is 0 Å². The van der Waals surface area contributed by atoms with E-state index in [0.717, 1.165) is 75.2 Å². The highest BCUT2D eigenvalue weighted by Crippen LogP contribution is 2.43. The fourth-order valence-corrected chi connectivity index (χ4v) is 6.47. The third kappa shape index (κ3) is 4.86. The molecular weight excluding hydrogens is 474 g/mol. The molecule has 0 aromatic carbocycles. The standard InChI is InChI=1S/C24H32ClN5O3S/c1-16-9-24(15-33-16)4-7-29(8-5-24)22-18(13-31)28-20(10-27-22)34-19-3-6-26-23(21(19)25)30-11-17(12-30)14-32-2/h3,6,10,16-17,31H,4-5,7-9,11-15H2,1-2H3/t16-/m0/s1. The Labute approximate surface area is 210 Å². The molecule has 2 aromatic heterocycles. The lowest BCUT2D eigenvalue weighted by Gasteiger charge is -2.40. The Morgan fingerprint density at radius 2 is 2.03 bits per heavy atom. The van der Waals surface area contributed by atoms with Crippen LogP contribution in [-0.2, 0) is 16.1 Å². The minimum absolute atomic E-state index is 0.150. The number of methoxy groups -OCH3 is 1. The molecule has 0 radical (unpaired) electrons. The molecule has 10 heteroatoms. The molecule has 34 heavy (non-hydrogen) atoms. The molecule has 8 nitrogen and oxygen atoms in total. The Morgan fingerprint density at radius 3 is 2.71 bits per heavy atom. The summed E-state index contributed by atoms with van der Waals surface area (Å²) < 4.78 is 11.1. The lowest BCUT2D eigenvalue weighted by Crippen LogP contribution is -2.49. The quantitative estimate of drug-likeness (QED) is 0.606. The molecule has 3 aliphatic heterocycles. The van der Waals surface area contributed by atoms with Crippen molar-refractivity contribution in [3.63, 3.8) is 0 Å². The van der Waals surface area contributed by atoms with Gasteiger partial charge in [0.05, 0.1) is 37.1 Å². The molecule has 1 atom stereocenters. The number of aliphatic hydroxyl groups is 1. The van der Waals surface area contributed by atoms with Crippen LogP contribution < -0.4 is 9.80 Å². The minimum atomic E-state index is -0.150. The highest BCUT2D eigenvalue weighted by molar-refractivity contribution is 7.99. The number of ether oxygens (including phenoxy) is 2. The van der Waals surface area contributed by atoms with Gasteiger partial charge in [-0.3, -0.25) is 0 Å². The first-order valence-corrected chi connectivity index (χ1v) is 13.1.